The summed E-state index contributed by atoms with van der Waals surface area (Å²) in [6, 6.07) is 7.96. The maximum atomic E-state index is 6.02. The number of benzene rings is 1. The smallest absolute Gasteiger partial charge is 0.0406 e. The van der Waals surface area contributed by atoms with Crippen LogP contribution in [0.3, 0.4) is 0 Å². The van der Waals surface area contributed by atoms with Crippen LogP contribution < -0.4 is 0 Å². The topological polar surface area (TPSA) is 0 Å². The first-order chi connectivity index (χ1) is 6.22. The molecule has 0 aliphatic heterocycles. The van der Waals surface area contributed by atoms with Gasteiger partial charge in [0.05, 0.1) is 0 Å². The molecule has 0 aliphatic carbocycles. The fourth-order valence-corrected chi connectivity index (χ4v) is 1.41. The number of halogens is 2. The Morgan fingerprint density at radius 2 is 1.85 bits per heavy atom. The molecule has 0 radical (unpaired) electrons. The van der Waals surface area contributed by atoms with Gasteiger partial charge in [-0.25, -0.2) is 0 Å². The number of hydrogen-bond acceptors (Lipinski definition) is 0. The van der Waals surface area contributed by atoms with E-state index in [0.29, 0.717) is 5.38 Å². The molecule has 2 heteroatoms. The van der Waals surface area contributed by atoms with Crippen LogP contribution in [-0.4, -0.2) is 5.38 Å². The molecule has 1 atom stereocenters. The first kappa shape index (κ1) is 10.9. The maximum absolute atomic E-state index is 6.02. The van der Waals surface area contributed by atoms with Gasteiger partial charge >= 0.3 is 0 Å². The van der Waals surface area contributed by atoms with E-state index in [1.165, 1.54) is 5.56 Å². The van der Waals surface area contributed by atoms with E-state index < -0.39 is 0 Å². The lowest BCUT2D eigenvalue weighted by atomic mass is 10.1. The Balaban J connectivity index is 2.41. The van der Waals surface area contributed by atoms with Gasteiger partial charge in [-0.3, -0.25) is 0 Å². The van der Waals surface area contributed by atoms with Crippen LogP contribution >= 0.6 is 23.2 Å². The second-order valence-corrected chi connectivity index (χ2v) is 4.22. The average molecular weight is 217 g/mol. The molecule has 72 valence electrons. The maximum Gasteiger partial charge on any atom is 0.0406 e. The van der Waals surface area contributed by atoms with Crippen LogP contribution in [-0.2, 0) is 6.42 Å². The molecule has 0 fully saturated rings. The van der Waals surface area contributed by atoms with Crippen molar-refractivity contribution in [1.82, 2.24) is 0 Å². The number of hydrogen-bond donors (Lipinski definition) is 0. The Hall–Kier alpha value is -0.200. The fraction of sp³-hybridized carbons (Fsp3) is 0.455. The van der Waals surface area contributed by atoms with Crippen molar-refractivity contribution in [3.63, 3.8) is 0 Å². The van der Waals surface area contributed by atoms with Gasteiger partial charge in [-0.15, -0.1) is 11.6 Å². The molecular formula is C11H14Cl2. The van der Waals surface area contributed by atoms with E-state index >= 15 is 0 Å². The Morgan fingerprint density at radius 1 is 1.23 bits per heavy atom. The van der Waals surface area contributed by atoms with Crippen LogP contribution in [0.4, 0.5) is 0 Å². The number of aryl methyl sites for hydroxylation is 1. The van der Waals surface area contributed by atoms with Crippen molar-refractivity contribution in [2.24, 2.45) is 0 Å². The Bertz CT molecular complexity index is 241. The van der Waals surface area contributed by atoms with Crippen molar-refractivity contribution < 1.29 is 0 Å². The minimum Gasteiger partial charge on any atom is -0.123 e. The highest BCUT2D eigenvalue weighted by Crippen LogP contribution is 2.14. The predicted molar refractivity (Wildman–Crippen MR) is 59.7 cm³/mol. The third kappa shape index (κ3) is 4.02. The van der Waals surface area contributed by atoms with Crippen molar-refractivity contribution in [1.29, 1.82) is 0 Å². The highest BCUT2D eigenvalue weighted by atomic mass is 35.5. The molecule has 0 aliphatic rings. The summed E-state index contributed by atoms with van der Waals surface area (Å²) in [7, 11) is 0. The molecule has 0 aromatic heterocycles. The van der Waals surface area contributed by atoms with E-state index in [0.717, 1.165) is 24.3 Å². The Morgan fingerprint density at radius 3 is 2.38 bits per heavy atom. The van der Waals surface area contributed by atoms with E-state index in [9.17, 15) is 0 Å². The summed E-state index contributed by atoms with van der Waals surface area (Å²) in [6.07, 6.45) is 3.12. The van der Waals surface area contributed by atoms with Gasteiger partial charge in [-0.1, -0.05) is 30.7 Å². The molecule has 1 rings (SSSR count). The van der Waals surface area contributed by atoms with Crippen LogP contribution in [0.1, 0.15) is 25.3 Å². The first-order valence-electron chi connectivity index (χ1n) is 4.61. The summed E-state index contributed by atoms with van der Waals surface area (Å²) < 4.78 is 0. The minimum atomic E-state index is 0.302. The molecule has 0 nitrogen and oxygen atoms in total. The molecule has 0 spiro atoms. The van der Waals surface area contributed by atoms with Crippen LogP contribution in [0.15, 0.2) is 24.3 Å². The second kappa shape index (κ2) is 5.51. The monoisotopic (exact) mass is 216 g/mol. The summed E-state index contributed by atoms with van der Waals surface area (Å²) in [5.74, 6) is 0. The number of rotatable bonds is 4. The fourth-order valence-electron chi connectivity index (χ4n) is 1.18. The van der Waals surface area contributed by atoms with Crippen LogP contribution in [0.5, 0.6) is 0 Å². The molecule has 1 aromatic rings. The van der Waals surface area contributed by atoms with Gasteiger partial charge in [0, 0.05) is 10.4 Å². The first-order valence-corrected chi connectivity index (χ1v) is 5.42. The van der Waals surface area contributed by atoms with Crippen molar-refractivity contribution >= 4 is 23.2 Å². The van der Waals surface area contributed by atoms with Gasteiger partial charge in [-0.2, -0.15) is 0 Å². The van der Waals surface area contributed by atoms with Gasteiger partial charge in [0.1, 0.15) is 0 Å². The number of alkyl halides is 1. The highest BCUT2D eigenvalue weighted by Gasteiger charge is 2.01. The van der Waals surface area contributed by atoms with Crippen molar-refractivity contribution in [3.05, 3.63) is 34.9 Å². The van der Waals surface area contributed by atoms with Crippen molar-refractivity contribution in [2.45, 2.75) is 31.6 Å². The third-order valence-electron chi connectivity index (χ3n) is 2.10. The predicted octanol–water partition coefficient (Wildman–Crippen LogP) is 4.29. The van der Waals surface area contributed by atoms with Crippen LogP contribution in [0, 0.1) is 0 Å². The lowest BCUT2D eigenvalue weighted by Gasteiger charge is -2.05. The Labute approximate surface area is 89.9 Å². The zero-order valence-corrected chi connectivity index (χ0v) is 9.28. The SMILES string of the molecule is CCC(Cl)CCc1ccc(Cl)cc1. The molecule has 13 heavy (non-hydrogen) atoms. The Kier molecular flexibility index (Phi) is 4.61. The van der Waals surface area contributed by atoms with E-state index in [2.05, 4.69) is 19.1 Å². The van der Waals surface area contributed by atoms with Gasteiger partial charge in [-0.05, 0) is 37.0 Å². The normalized spacial score (nSPS) is 12.8. The molecule has 0 saturated heterocycles. The van der Waals surface area contributed by atoms with E-state index in [1.54, 1.807) is 0 Å². The summed E-state index contributed by atoms with van der Waals surface area (Å²) in [6.45, 7) is 2.11. The zero-order valence-electron chi connectivity index (χ0n) is 7.76. The van der Waals surface area contributed by atoms with Gasteiger partial charge in [0.25, 0.3) is 0 Å². The summed E-state index contributed by atoms with van der Waals surface area (Å²) in [5.41, 5.74) is 1.31. The molecule has 0 saturated carbocycles. The summed E-state index contributed by atoms with van der Waals surface area (Å²) in [5, 5.41) is 1.09. The standard InChI is InChI=1S/C11H14Cl2/c1-2-10(12)6-3-9-4-7-11(13)8-5-9/h4-5,7-8,10H,2-3,6H2,1H3. The molecular weight excluding hydrogens is 203 g/mol. The van der Waals surface area contributed by atoms with Gasteiger partial charge in [0.2, 0.25) is 0 Å². The molecule has 0 heterocycles. The quantitative estimate of drug-likeness (QED) is 0.660. The molecule has 0 bridgehead atoms. The molecule has 0 amide bonds. The molecule has 1 aromatic carbocycles. The lowest BCUT2D eigenvalue weighted by molar-refractivity contribution is 0.727. The van der Waals surface area contributed by atoms with Gasteiger partial charge in [0.15, 0.2) is 0 Å². The van der Waals surface area contributed by atoms with Crippen molar-refractivity contribution in [3.8, 4) is 0 Å². The van der Waals surface area contributed by atoms with Crippen LogP contribution in [0.25, 0.3) is 0 Å². The average Bonchev–Trinajstić information content (AvgIpc) is 2.16. The third-order valence-corrected chi connectivity index (χ3v) is 2.88. The van der Waals surface area contributed by atoms with E-state index in [-0.39, 0.29) is 0 Å². The molecule has 1 unspecified atom stereocenters. The van der Waals surface area contributed by atoms with Crippen LogP contribution in [0.2, 0.25) is 5.02 Å². The highest BCUT2D eigenvalue weighted by molar-refractivity contribution is 6.30. The summed E-state index contributed by atoms with van der Waals surface area (Å²) in [4.78, 5) is 0. The van der Waals surface area contributed by atoms with Crippen molar-refractivity contribution in [2.75, 3.05) is 0 Å². The van der Waals surface area contributed by atoms with E-state index in [4.69, 9.17) is 23.2 Å². The minimum absolute atomic E-state index is 0.302. The zero-order chi connectivity index (χ0) is 9.68. The molecule has 0 N–H and O–H groups in total. The lowest BCUT2D eigenvalue weighted by Crippen LogP contribution is -1.98. The second-order valence-electron chi connectivity index (χ2n) is 3.17. The largest absolute Gasteiger partial charge is 0.123 e. The van der Waals surface area contributed by atoms with Gasteiger partial charge < -0.3 is 0 Å². The summed E-state index contributed by atoms with van der Waals surface area (Å²) >= 11 is 11.8. The van der Waals surface area contributed by atoms with E-state index in [1.807, 2.05) is 12.1 Å².